The SMILES string of the molecule is C[C](C)=[Zr+2]([C]1=CC=C(C(C)(C)C)C1)[C]1=CC(C(C)(C)C)=C(C(C)(C)C)C1C(C)(C)C.[Cl-].[Cl-]. The van der Waals surface area contributed by atoms with Gasteiger partial charge in [0, 0.05) is 0 Å². The molecule has 2 rings (SSSR count). The Labute approximate surface area is 220 Å². The van der Waals surface area contributed by atoms with E-state index in [0.29, 0.717) is 5.92 Å². The van der Waals surface area contributed by atoms with E-state index in [9.17, 15) is 0 Å². The molecular formula is C29H48Cl2Zr. The van der Waals surface area contributed by atoms with Gasteiger partial charge >= 0.3 is 197 Å². The molecule has 0 heterocycles. The Morgan fingerprint density at radius 2 is 1.25 bits per heavy atom. The Morgan fingerprint density at radius 1 is 0.750 bits per heavy atom. The number of hydrogen-bond donors (Lipinski definition) is 0. The van der Waals surface area contributed by atoms with Crippen molar-refractivity contribution >= 4 is 3.21 Å². The molecule has 0 fully saturated rings. The molecule has 0 saturated heterocycles. The first kappa shape index (κ1) is 32.3. The zero-order valence-corrected chi connectivity index (χ0v) is 27.2. The molecule has 0 aromatic heterocycles. The summed E-state index contributed by atoms with van der Waals surface area (Å²) in [5, 5.41) is 0. The minimum absolute atomic E-state index is 0. The zero-order valence-electron chi connectivity index (χ0n) is 23.3. The van der Waals surface area contributed by atoms with E-state index in [0.717, 1.165) is 0 Å². The maximum absolute atomic E-state index is 2.70. The van der Waals surface area contributed by atoms with Gasteiger partial charge in [-0.3, -0.25) is 0 Å². The van der Waals surface area contributed by atoms with Crippen LogP contribution >= 0.6 is 0 Å². The van der Waals surface area contributed by atoms with Gasteiger partial charge in [0.05, 0.1) is 0 Å². The van der Waals surface area contributed by atoms with Gasteiger partial charge in [0.25, 0.3) is 0 Å². The van der Waals surface area contributed by atoms with Crippen molar-refractivity contribution in [3.05, 3.63) is 41.5 Å². The van der Waals surface area contributed by atoms with Crippen LogP contribution < -0.4 is 24.8 Å². The Kier molecular flexibility index (Phi) is 10.6. The molecule has 1 unspecified atom stereocenters. The van der Waals surface area contributed by atoms with E-state index in [2.05, 4.69) is 115 Å². The standard InChI is InChI=1S/C17H29.C9H13.C3H6.2ClH.Zr/c1-15(2,3)12-10-11-13(16(4,5)6)14(12)17(7,8)9;1-9(2,3)8-6-4-5-7-8;1-3-2;;;/h10,13H,1-9H3;4,6H,7H2,1-3H3;1-2H3;2*1H;/q;;;;;+2/p-2. The van der Waals surface area contributed by atoms with Crippen LogP contribution in [0.25, 0.3) is 0 Å². The van der Waals surface area contributed by atoms with Crippen molar-refractivity contribution in [1.82, 2.24) is 0 Å². The zero-order chi connectivity index (χ0) is 23.4. The number of rotatable bonds is 2. The molecule has 0 spiro atoms. The third-order valence-corrected chi connectivity index (χ3v) is 14.0. The van der Waals surface area contributed by atoms with Gasteiger partial charge in [-0.15, -0.1) is 0 Å². The molecule has 182 valence electrons. The van der Waals surface area contributed by atoms with Crippen LogP contribution in [0.5, 0.6) is 0 Å². The van der Waals surface area contributed by atoms with Crippen LogP contribution in [0.15, 0.2) is 41.5 Å². The van der Waals surface area contributed by atoms with Gasteiger partial charge in [-0.25, -0.2) is 0 Å². The fourth-order valence-electron chi connectivity index (χ4n) is 5.21. The molecule has 0 bridgehead atoms. The monoisotopic (exact) mass is 556 g/mol. The molecule has 3 heteroatoms. The Morgan fingerprint density at radius 3 is 1.56 bits per heavy atom. The van der Waals surface area contributed by atoms with Crippen molar-refractivity contribution in [2.24, 2.45) is 27.6 Å². The number of allylic oxidation sites excluding steroid dienone is 8. The summed E-state index contributed by atoms with van der Waals surface area (Å²) in [4.78, 5) is 0. The molecular weight excluding hydrogens is 510 g/mol. The van der Waals surface area contributed by atoms with Crippen molar-refractivity contribution < 1.29 is 46.1 Å². The minimum atomic E-state index is -2.10. The summed E-state index contributed by atoms with van der Waals surface area (Å²) >= 11 is -2.10. The molecule has 0 amide bonds. The van der Waals surface area contributed by atoms with E-state index in [1.165, 1.54) is 6.42 Å². The third-order valence-electron chi connectivity index (χ3n) is 6.61. The van der Waals surface area contributed by atoms with Crippen molar-refractivity contribution in [3.63, 3.8) is 0 Å². The van der Waals surface area contributed by atoms with Crippen LogP contribution in [-0.4, -0.2) is 3.21 Å². The van der Waals surface area contributed by atoms with E-state index >= 15 is 0 Å². The average Bonchev–Trinajstić information content (AvgIpc) is 3.09. The van der Waals surface area contributed by atoms with Crippen LogP contribution in [0.3, 0.4) is 0 Å². The van der Waals surface area contributed by atoms with E-state index in [1.807, 2.05) is 3.28 Å². The quantitative estimate of drug-likeness (QED) is 0.489. The third kappa shape index (κ3) is 6.92. The Bertz CT molecular complexity index is 860. The number of hydrogen-bond acceptors (Lipinski definition) is 0. The first-order chi connectivity index (χ1) is 13.3. The topological polar surface area (TPSA) is 0 Å². The van der Waals surface area contributed by atoms with Crippen LogP contribution in [0.1, 0.15) is 103 Å². The van der Waals surface area contributed by atoms with E-state index in [4.69, 9.17) is 0 Å². The second-order valence-corrected chi connectivity index (χ2v) is 21.2. The predicted molar refractivity (Wildman–Crippen MR) is 134 cm³/mol. The maximum Gasteiger partial charge on any atom is -1.00 e. The normalized spacial score (nSPS) is 19.4. The molecule has 2 aliphatic rings. The summed E-state index contributed by atoms with van der Waals surface area (Å²) in [7, 11) is 0. The summed E-state index contributed by atoms with van der Waals surface area (Å²) in [5.74, 6) is 0.565. The van der Waals surface area contributed by atoms with Gasteiger partial charge < -0.3 is 24.8 Å². The van der Waals surface area contributed by atoms with Crippen molar-refractivity contribution in [1.29, 1.82) is 0 Å². The molecule has 0 aromatic carbocycles. The Balaban J connectivity index is 0.00000480. The van der Waals surface area contributed by atoms with E-state index in [1.54, 1.807) is 23.2 Å². The molecule has 2 aliphatic carbocycles. The van der Waals surface area contributed by atoms with Gasteiger partial charge in [-0.1, -0.05) is 0 Å². The molecule has 32 heavy (non-hydrogen) atoms. The molecule has 0 saturated carbocycles. The minimum Gasteiger partial charge on any atom is -1.00 e. The summed E-state index contributed by atoms with van der Waals surface area (Å²) < 4.78 is 5.33. The summed E-state index contributed by atoms with van der Waals surface area (Å²) in [6.07, 6.45) is 8.87. The number of halogens is 2. The first-order valence-electron chi connectivity index (χ1n) is 11.8. The first-order valence-corrected chi connectivity index (χ1v) is 15.5. The largest absolute Gasteiger partial charge is 1.00 e. The van der Waals surface area contributed by atoms with Gasteiger partial charge in [-0.05, 0) is 0 Å². The molecule has 0 radical (unpaired) electrons. The summed E-state index contributed by atoms with van der Waals surface area (Å²) in [5.41, 5.74) is 5.82. The fourth-order valence-corrected chi connectivity index (χ4v) is 13.5. The average molecular weight is 559 g/mol. The maximum atomic E-state index is 2.70. The van der Waals surface area contributed by atoms with Crippen molar-refractivity contribution in [2.75, 3.05) is 0 Å². The molecule has 1 atom stereocenters. The van der Waals surface area contributed by atoms with Crippen molar-refractivity contribution in [3.8, 4) is 0 Å². The summed E-state index contributed by atoms with van der Waals surface area (Å²) in [6, 6.07) is 0. The predicted octanol–water partition coefficient (Wildman–Crippen LogP) is 3.03. The van der Waals surface area contributed by atoms with Crippen LogP contribution in [0.2, 0.25) is 0 Å². The van der Waals surface area contributed by atoms with E-state index in [-0.39, 0.29) is 46.5 Å². The Hall–Kier alpha value is 0.293. The molecule has 0 aliphatic heterocycles. The van der Waals surface area contributed by atoms with Gasteiger partial charge in [0.15, 0.2) is 0 Å². The van der Waals surface area contributed by atoms with E-state index < -0.39 is 21.3 Å². The second-order valence-electron chi connectivity index (χ2n) is 13.9. The molecule has 0 nitrogen and oxygen atoms in total. The van der Waals surface area contributed by atoms with Crippen molar-refractivity contribution in [2.45, 2.75) is 103 Å². The molecule has 0 aromatic rings. The van der Waals surface area contributed by atoms with Crippen LogP contribution in [-0.2, 0) is 21.3 Å². The van der Waals surface area contributed by atoms with Crippen LogP contribution in [0, 0.1) is 27.6 Å². The second kappa shape index (κ2) is 10.5. The van der Waals surface area contributed by atoms with Crippen LogP contribution in [0.4, 0.5) is 0 Å². The van der Waals surface area contributed by atoms with Gasteiger partial charge in [-0.2, -0.15) is 0 Å². The fraction of sp³-hybridized carbons (Fsp3) is 0.690. The molecule has 0 N–H and O–H groups in total. The summed E-state index contributed by atoms with van der Waals surface area (Å²) in [6.45, 7) is 33.9. The van der Waals surface area contributed by atoms with Gasteiger partial charge in [0.1, 0.15) is 0 Å². The van der Waals surface area contributed by atoms with Gasteiger partial charge in [0.2, 0.25) is 0 Å². The smallest absolute Gasteiger partial charge is 1.00 e.